The summed E-state index contributed by atoms with van der Waals surface area (Å²) in [5.74, 6) is 1.24. The zero-order valence-electron chi connectivity index (χ0n) is 10.7. The fourth-order valence-electron chi connectivity index (χ4n) is 2.05. The molecule has 3 heteroatoms. The third-order valence-electron chi connectivity index (χ3n) is 3.49. The van der Waals surface area contributed by atoms with Crippen molar-refractivity contribution in [2.45, 2.75) is 58.9 Å². The van der Waals surface area contributed by atoms with E-state index in [1.54, 1.807) is 0 Å². The quantitative estimate of drug-likeness (QED) is 0.541. The second kappa shape index (κ2) is 5.90. The summed E-state index contributed by atoms with van der Waals surface area (Å²) in [7, 11) is 0. The van der Waals surface area contributed by atoms with Crippen LogP contribution >= 0.6 is 11.6 Å². The number of hydrogen-bond acceptors (Lipinski definition) is 1. The van der Waals surface area contributed by atoms with E-state index in [1.165, 1.54) is 6.42 Å². The van der Waals surface area contributed by atoms with E-state index in [0.29, 0.717) is 6.04 Å². The number of rotatable bonds is 7. The van der Waals surface area contributed by atoms with Crippen molar-refractivity contribution in [2.75, 3.05) is 5.88 Å². The second-order valence-electron chi connectivity index (χ2n) is 5.69. The van der Waals surface area contributed by atoms with Gasteiger partial charge in [-0.3, -0.25) is 4.79 Å². The molecule has 0 aromatic carbocycles. The minimum Gasteiger partial charge on any atom is -0.353 e. The highest BCUT2D eigenvalue weighted by Crippen LogP contribution is 2.51. The molecule has 0 aromatic rings. The molecule has 0 aliphatic heterocycles. The Labute approximate surface area is 104 Å². The lowest BCUT2D eigenvalue weighted by molar-refractivity contribution is -0.123. The van der Waals surface area contributed by atoms with Gasteiger partial charge in [-0.1, -0.05) is 26.7 Å². The van der Waals surface area contributed by atoms with Gasteiger partial charge in [0, 0.05) is 17.8 Å². The first-order chi connectivity index (χ1) is 7.47. The average Bonchev–Trinajstić information content (AvgIpc) is 2.83. The van der Waals surface area contributed by atoms with Crippen molar-refractivity contribution in [3.05, 3.63) is 0 Å². The van der Waals surface area contributed by atoms with Crippen molar-refractivity contribution >= 4 is 17.5 Å². The lowest BCUT2D eigenvalue weighted by atomic mass is 10.1. The molecule has 2 nitrogen and oxygen atoms in total. The van der Waals surface area contributed by atoms with Crippen LogP contribution in [0.1, 0.15) is 52.9 Å². The fraction of sp³-hybridized carbons (Fsp3) is 0.923. The summed E-state index contributed by atoms with van der Waals surface area (Å²) in [4.78, 5) is 11.8. The summed E-state index contributed by atoms with van der Waals surface area (Å²) in [6.45, 7) is 6.40. The summed E-state index contributed by atoms with van der Waals surface area (Å²) in [5.41, 5.74) is 0.239. The molecule has 94 valence electrons. The Bertz CT molecular complexity index is 240. The Morgan fingerprint density at radius 3 is 2.56 bits per heavy atom. The van der Waals surface area contributed by atoms with E-state index in [9.17, 15) is 4.79 Å². The number of carbonyl (C=O) groups is 1. The van der Waals surface area contributed by atoms with Gasteiger partial charge in [-0.15, -0.1) is 11.6 Å². The lowest BCUT2D eigenvalue weighted by Gasteiger charge is -2.14. The van der Waals surface area contributed by atoms with Crippen LogP contribution in [-0.2, 0) is 4.79 Å². The molecule has 1 fully saturated rings. The summed E-state index contributed by atoms with van der Waals surface area (Å²) < 4.78 is 0. The second-order valence-corrected chi connectivity index (χ2v) is 6.07. The number of alkyl halides is 1. The van der Waals surface area contributed by atoms with Crippen LogP contribution in [0.5, 0.6) is 0 Å². The van der Waals surface area contributed by atoms with E-state index in [0.717, 1.165) is 31.6 Å². The Kier molecular flexibility index (Phi) is 5.10. The molecule has 1 aliphatic rings. The van der Waals surface area contributed by atoms with Gasteiger partial charge >= 0.3 is 0 Å². The molecule has 0 heterocycles. The van der Waals surface area contributed by atoms with Gasteiger partial charge in [-0.25, -0.2) is 0 Å². The minimum atomic E-state index is 0.239. The monoisotopic (exact) mass is 245 g/mol. The van der Waals surface area contributed by atoms with E-state index in [4.69, 9.17) is 11.6 Å². The Morgan fingerprint density at radius 2 is 2.06 bits per heavy atom. The molecule has 2 atom stereocenters. The van der Waals surface area contributed by atoms with Crippen molar-refractivity contribution in [1.82, 2.24) is 5.32 Å². The highest BCUT2D eigenvalue weighted by Gasteiger charge is 2.50. The molecule has 1 unspecified atom stereocenters. The summed E-state index contributed by atoms with van der Waals surface area (Å²) in [5, 5.41) is 3.10. The van der Waals surface area contributed by atoms with Crippen LogP contribution in [0.15, 0.2) is 0 Å². The topological polar surface area (TPSA) is 29.1 Å². The standard InChI is InChI=1S/C13H24ClNO/c1-10(7-5-4-6-8-14)15-12(16)11-9-13(11,2)3/h10-11H,4-9H2,1-3H3,(H,15,16)/t10?,11-/m1/s1. The van der Waals surface area contributed by atoms with Gasteiger partial charge in [-0.05, 0) is 31.6 Å². The molecule has 0 radical (unpaired) electrons. The van der Waals surface area contributed by atoms with E-state index in [-0.39, 0.29) is 17.2 Å². The van der Waals surface area contributed by atoms with Crippen molar-refractivity contribution in [3.63, 3.8) is 0 Å². The number of halogens is 1. The summed E-state index contributed by atoms with van der Waals surface area (Å²) in [6.07, 6.45) is 5.51. The Balaban J connectivity index is 2.10. The molecule has 1 amide bonds. The van der Waals surface area contributed by atoms with Gasteiger partial charge < -0.3 is 5.32 Å². The smallest absolute Gasteiger partial charge is 0.223 e. The van der Waals surface area contributed by atoms with Crippen molar-refractivity contribution in [3.8, 4) is 0 Å². The number of unbranched alkanes of at least 4 members (excludes halogenated alkanes) is 2. The molecule has 0 bridgehead atoms. The first-order valence-corrected chi connectivity index (χ1v) is 6.87. The predicted molar refractivity (Wildman–Crippen MR) is 68.7 cm³/mol. The first-order valence-electron chi connectivity index (χ1n) is 6.33. The Morgan fingerprint density at radius 1 is 1.44 bits per heavy atom. The predicted octanol–water partition coefficient (Wildman–Crippen LogP) is 3.34. The number of hydrogen-bond donors (Lipinski definition) is 1. The van der Waals surface area contributed by atoms with Gasteiger partial charge in [0.15, 0.2) is 0 Å². The minimum absolute atomic E-state index is 0.239. The van der Waals surface area contributed by atoms with Crippen molar-refractivity contribution in [2.24, 2.45) is 11.3 Å². The maximum atomic E-state index is 11.8. The molecule has 0 saturated heterocycles. The molecule has 0 spiro atoms. The normalized spacial score (nSPS) is 23.9. The average molecular weight is 246 g/mol. The highest BCUT2D eigenvalue weighted by atomic mass is 35.5. The maximum Gasteiger partial charge on any atom is 0.223 e. The van der Waals surface area contributed by atoms with Gasteiger partial charge in [0.2, 0.25) is 5.91 Å². The molecule has 1 aliphatic carbocycles. The van der Waals surface area contributed by atoms with Gasteiger partial charge in [0.25, 0.3) is 0 Å². The number of amides is 1. The van der Waals surface area contributed by atoms with Crippen LogP contribution in [0.2, 0.25) is 0 Å². The van der Waals surface area contributed by atoms with Gasteiger partial charge in [0.05, 0.1) is 0 Å². The third-order valence-corrected chi connectivity index (χ3v) is 3.76. The van der Waals surface area contributed by atoms with E-state index in [1.807, 2.05) is 0 Å². The summed E-state index contributed by atoms with van der Waals surface area (Å²) >= 11 is 5.61. The first kappa shape index (κ1) is 13.8. The van der Waals surface area contributed by atoms with Gasteiger partial charge in [0.1, 0.15) is 0 Å². The highest BCUT2D eigenvalue weighted by molar-refractivity contribution is 6.17. The molecule has 1 saturated carbocycles. The zero-order valence-corrected chi connectivity index (χ0v) is 11.4. The molecule has 0 aromatic heterocycles. The van der Waals surface area contributed by atoms with Crippen molar-refractivity contribution < 1.29 is 4.79 Å². The van der Waals surface area contributed by atoms with Crippen LogP contribution in [0.25, 0.3) is 0 Å². The maximum absolute atomic E-state index is 11.8. The zero-order chi connectivity index (χ0) is 12.2. The third kappa shape index (κ3) is 4.32. The number of carbonyl (C=O) groups excluding carboxylic acids is 1. The van der Waals surface area contributed by atoms with Crippen LogP contribution < -0.4 is 5.32 Å². The SMILES string of the molecule is CC(CCCCCCl)NC(=O)[C@H]1CC1(C)C. The fourth-order valence-corrected chi connectivity index (χ4v) is 2.24. The van der Waals surface area contributed by atoms with Crippen molar-refractivity contribution in [1.29, 1.82) is 0 Å². The molecule has 16 heavy (non-hydrogen) atoms. The van der Waals surface area contributed by atoms with E-state index >= 15 is 0 Å². The Hall–Kier alpha value is -0.240. The van der Waals surface area contributed by atoms with Crippen LogP contribution in [-0.4, -0.2) is 17.8 Å². The van der Waals surface area contributed by atoms with Crippen LogP contribution in [0.3, 0.4) is 0 Å². The molecule has 1 N–H and O–H groups in total. The molecule has 1 rings (SSSR count). The lowest BCUT2D eigenvalue weighted by Crippen LogP contribution is -2.34. The molecular weight excluding hydrogens is 222 g/mol. The van der Waals surface area contributed by atoms with E-state index < -0.39 is 0 Å². The largest absolute Gasteiger partial charge is 0.353 e. The summed E-state index contributed by atoms with van der Waals surface area (Å²) in [6, 6.07) is 0.305. The number of nitrogens with one attached hydrogen (secondary N) is 1. The van der Waals surface area contributed by atoms with Gasteiger partial charge in [-0.2, -0.15) is 0 Å². The van der Waals surface area contributed by atoms with Crippen LogP contribution in [0, 0.1) is 11.3 Å². The van der Waals surface area contributed by atoms with Crippen LogP contribution in [0.4, 0.5) is 0 Å². The molecular formula is C13H24ClNO. The van der Waals surface area contributed by atoms with E-state index in [2.05, 4.69) is 26.1 Å².